The van der Waals surface area contributed by atoms with Gasteiger partial charge in [-0.05, 0) is 38.5 Å². The number of sulfone groups is 1. The number of ether oxygens (including phenoxy) is 1. The first kappa shape index (κ1) is 22.4. The average molecular weight is 426 g/mol. The Balaban J connectivity index is 2.32. The van der Waals surface area contributed by atoms with Crippen LogP contribution in [0, 0.1) is 22.2 Å². The molecule has 0 spiro atoms. The molecule has 0 aromatic heterocycles. The highest BCUT2D eigenvalue weighted by molar-refractivity contribution is 7.92. The summed E-state index contributed by atoms with van der Waals surface area (Å²) in [6, 6.07) is -0.0618. The first-order chi connectivity index (χ1) is 12.9. The molecule has 0 amide bonds. The van der Waals surface area contributed by atoms with Crippen molar-refractivity contribution in [2.24, 2.45) is 11.2 Å². The van der Waals surface area contributed by atoms with Gasteiger partial charge in [0.1, 0.15) is 12.2 Å². The van der Waals surface area contributed by atoms with Gasteiger partial charge in [-0.25, -0.2) is 23.1 Å². The van der Waals surface area contributed by atoms with Gasteiger partial charge in [0.15, 0.2) is 0 Å². The van der Waals surface area contributed by atoms with E-state index in [1.54, 1.807) is 6.07 Å². The molecule has 2 rings (SSSR count). The number of carbonyl (C=O) groups is 1. The SMILES string of the molecule is CC1CCC(N(N=O)C(C)N2C(C#N)CS(=O)(=O)C2OC(=O)C(F)(F)F)CC1. The molecule has 3 unspecified atom stereocenters. The largest absolute Gasteiger partial charge is 0.491 e. The van der Waals surface area contributed by atoms with Crippen LogP contribution in [0.15, 0.2) is 5.29 Å². The molecule has 1 aliphatic carbocycles. The van der Waals surface area contributed by atoms with Crippen LogP contribution in [0.3, 0.4) is 0 Å². The predicted octanol–water partition coefficient (Wildman–Crippen LogP) is 1.91. The fourth-order valence-corrected chi connectivity index (χ4v) is 5.42. The molecule has 0 aromatic carbocycles. The van der Waals surface area contributed by atoms with Crippen molar-refractivity contribution in [1.82, 2.24) is 9.91 Å². The van der Waals surface area contributed by atoms with Crippen LogP contribution in [0.4, 0.5) is 13.2 Å². The van der Waals surface area contributed by atoms with Gasteiger partial charge in [0.25, 0.3) is 5.56 Å². The van der Waals surface area contributed by atoms with Crippen molar-refractivity contribution in [3.8, 4) is 6.07 Å². The van der Waals surface area contributed by atoms with E-state index in [9.17, 15) is 36.6 Å². The summed E-state index contributed by atoms with van der Waals surface area (Å²) >= 11 is 0. The Morgan fingerprint density at radius 2 is 1.89 bits per heavy atom. The van der Waals surface area contributed by atoms with E-state index in [1.165, 1.54) is 6.92 Å². The van der Waals surface area contributed by atoms with Gasteiger partial charge < -0.3 is 4.74 Å². The minimum atomic E-state index is -5.41. The van der Waals surface area contributed by atoms with E-state index < -0.39 is 45.5 Å². The van der Waals surface area contributed by atoms with Crippen molar-refractivity contribution in [1.29, 1.82) is 5.26 Å². The van der Waals surface area contributed by atoms with Crippen molar-refractivity contribution in [2.75, 3.05) is 5.75 Å². The number of carbonyl (C=O) groups excluding carboxylic acids is 1. The number of hydrogen-bond donors (Lipinski definition) is 0. The zero-order chi connectivity index (χ0) is 21.3. The van der Waals surface area contributed by atoms with Crippen molar-refractivity contribution < 1.29 is 31.1 Å². The minimum Gasteiger partial charge on any atom is -0.425 e. The lowest BCUT2D eigenvalue weighted by atomic mass is 9.87. The highest BCUT2D eigenvalue weighted by Crippen LogP contribution is 2.34. The number of nitroso groups, excluding NO2 is 1. The molecule has 0 radical (unpaired) electrons. The second-order valence-corrected chi connectivity index (χ2v) is 9.20. The van der Waals surface area contributed by atoms with E-state index in [4.69, 9.17) is 0 Å². The number of rotatable bonds is 5. The summed E-state index contributed by atoms with van der Waals surface area (Å²) in [4.78, 5) is 23.5. The lowest BCUT2D eigenvalue weighted by Gasteiger charge is -2.40. The maximum absolute atomic E-state index is 12.6. The smallest absolute Gasteiger partial charge is 0.425 e. The minimum absolute atomic E-state index is 0.356. The summed E-state index contributed by atoms with van der Waals surface area (Å²) in [6.07, 6.45) is -3.79. The van der Waals surface area contributed by atoms with Gasteiger partial charge in [-0.2, -0.15) is 18.4 Å². The number of nitriles is 1. The van der Waals surface area contributed by atoms with Crippen LogP contribution in [0.25, 0.3) is 0 Å². The third kappa shape index (κ3) is 4.54. The van der Waals surface area contributed by atoms with Crippen LogP contribution in [0.2, 0.25) is 0 Å². The molecule has 1 saturated heterocycles. The third-order valence-electron chi connectivity index (χ3n) is 5.16. The fourth-order valence-electron chi connectivity index (χ4n) is 3.64. The third-order valence-corrected chi connectivity index (χ3v) is 6.89. The van der Waals surface area contributed by atoms with Crippen LogP contribution in [-0.2, 0) is 19.4 Å². The van der Waals surface area contributed by atoms with Crippen molar-refractivity contribution in [2.45, 2.75) is 69.5 Å². The second kappa shape index (κ2) is 8.20. The summed E-state index contributed by atoms with van der Waals surface area (Å²) in [5.74, 6) is -3.06. The number of esters is 1. The maximum Gasteiger partial charge on any atom is 0.491 e. The van der Waals surface area contributed by atoms with Crippen LogP contribution in [0.1, 0.15) is 39.5 Å². The molecule has 13 heteroatoms. The summed E-state index contributed by atoms with van der Waals surface area (Å²) in [5, 5.41) is 13.3. The zero-order valence-corrected chi connectivity index (χ0v) is 16.1. The van der Waals surface area contributed by atoms with Gasteiger partial charge in [-0.3, -0.25) is 0 Å². The molecule has 9 nitrogen and oxygen atoms in total. The number of nitrogens with zero attached hydrogens (tertiary/aromatic N) is 4. The van der Waals surface area contributed by atoms with Crippen molar-refractivity contribution in [3.05, 3.63) is 4.91 Å². The Bertz CT molecular complexity index is 746. The summed E-state index contributed by atoms with van der Waals surface area (Å²) in [7, 11) is -4.39. The van der Waals surface area contributed by atoms with Gasteiger partial charge >= 0.3 is 12.1 Å². The van der Waals surface area contributed by atoms with Crippen LogP contribution >= 0.6 is 0 Å². The molecule has 158 valence electrons. The van der Waals surface area contributed by atoms with Gasteiger partial charge in [0.2, 0.25) is 9.84 Å². The fraction of sp³-hybridized carbons (Fsp3) is 0.867. The molecule has 0 bridgehead atoms. The lowest BCUT2D eigenvalue weighted by Crippen LogP contribution is -2.55. The first-order valence-electron chi connectivity index (χ1n) is 8.70. The van der Waals surface area contributed by atoms with Crippen LogP contribution in [-0.4, -0.2) is 60.0 Å². The van der Waals surface area contributed by atoms with E-state index in [1.807, 2.05) is 6.92 Å². The van der Waals surface area contributed by atoms with E-state index in [-0.39, 0.29) is 6.04 Å². The topological polar surface area (TPSA) is 120 Å². The van der Waals surface area contributed by atoms with Crippen LogP contribution < -0.4 is 0 Å². The molecule has 1 saturated carbocycles. The molecular formula is C15H21F3N4O5S. The summed E-state index contributed by atoms with van der Waals surface area (Å²) in [6.45, 7) is 3.39. The molecule has 1 heterocycles. The first-order valence-corrected chi connectivity index (χ1v) is 10.4. The van der Waals surface area contributed by atoms with Gasteiger partial charge in [0.05, 0.1) is 23.1 Å². The second-order valence-electron chi connectivity index (χ2n) is 7.14. The summed E-state index contributed by atoms with van der Waals surface area (Å²) < 4.78 is 66.5. The normalized spacial score (nSPS) is 31.6. The molecular weight excluding hydrogens is 405 g/mol. The van der Waals surface area contributed by atoms with Crippen molar-refractivity contribution >= 4 is 15.8 Å². The molecule has 3 atom stereocenters. The Kier molecular flexibility index (Phi) is 6.55. The van der Waals surface area contributed by atoms with Gasteiger partial charge in [0, 0.05) is 0 Å². The standard InChI is InChI=1S/C15H21F3N4O5S/c1-9-3-5-11(6-4-9)22(20-24)10(2)21-12(7-19)8-28(25,26)14(21)27-13(23)15(16,17)18/h9-12,14H,3-6,8H2,1-2H3. The monoisotopic (exact) mass is 426 g/mol. The molecule has 0 aromatic rings. The molecule has 1 aliphatic heterocycles. The molecule has 2 aliphatic rings. The Morgan fingerprint density at radius 1 is 1.32 bits per heavy atom. The highest BCUT2D eigenvalue weighted by Gasteiger charge is 2.54. The number of halogens is 3. The number of alkyl halides is 3. The Labute approximate surface area is 160 Å². The maximum atomic E-state index is 12.6. The van der Waals surface area contributed by atoms with E-state index in [2.05, 4.69) is 10.0 Å². The van der Waals surface area contributed by atoms with Crippen molar-refractivity contribution in [3.63, 3.8) is 0 Å². The Morgan fingerprint density at radius 3 is 2.36 bits per heavy atom. The van der Waals surface area contributed by atoms with Gasteiger partial charge in [-0.15, -0.1) is 4.91 Å². The quantitative estimate of drug-likeness (QED) is 0.371. The molecule has 2 fully saturated rings. The highest BCUT2D eigenvalue weighted by atomic mass is 32.2. The lowest BCUT2D eigenvalue weighted by molar-refractivity contribution is -0.209. The predicted molar refractivity (Wildman–Crippen MR) is 89.5 cm³/mol. The molecule has 0 N–H and O–H groups in total. The zero-order valence-electron chi connectivity index (χ0n) is 15.3. The Hall–Kier alpha value is -1.94. The summed E-state index contributed by atoms with van der Waals surface area (Å²) in [5.41, 5.74) is -2.33. The molecule has 28 heavy (non-hydrogen) atoms. The van der Waals surface area contributed by atoms with E-state index in [0.29, 0.717) is 18.8 Å². The van der Waals surface area contributed by atoms with Crippen LogP contribution in [0.5, 0.6) is 0 Å². The van der Waals surface area contributed by atoms with E-state index >= 15 is 0 Å². The van der Waals surface area contributed by atoms with E-state index in [0.717, 1.165) is 22.8 Å². The number of hydrogen-bond acceptors (Lipinski definition) is 8. The average Bonchev–Trinajstić information content (AvgIpc) is 2.86. The van der Waals surface area contributed by atoms with Gasteiger partial charge in [-0.1, -0.05) is 6.92 Å².